The molecule has 0 radical (unpaired) electrons. The lowest BCUT2D eigenvalue weighted by Gasteiger charge is -2.42. The van der Waals surface area contributed by atoms with E-state index in [1.807, 2.05) is 45.0 Å². The first-order valence-electron chi connectivity index (χ1n) is 19.3. The normalized spacial score (nSPS) is 16.3. The fraction of sp³-hybridized carbons (Fsp3) is 0.610. The highest BCUT2D eigenvalue weighted by Gasteiger charge is 2.47. The number of nitrogens with zero attached hydrogens (tertiary/aromatic N) is 3. The summed E-state index contributed by atoms with van der Waals surface area (Å²) >= 11 is 0. The molecule has 0 saturated carbocycles. The molecular formula is C41H63N5O7Si. The predicted octanol–water partition coefficient (Wildman–Crippen LogP) is 7.60. The molecule has 0 spiro atoms. The van der Waals surface area contributed by atoms with Crippen molar-refractivity contribution >= 4 is 37.3 Å². The number of imidazole rings is 1. The number of aliphatic hydroxyl groups is 1. The summed E-state index contributed by atoms with van der Waals surface area (Å²) in [6.45, 7) is 25.6. The van der Waals surface area contributed by atoms with Gasteiger partial charge in [0.05, 0.1) is 11.0 Å². The molecule has 4 N–H and O–H groups in total. The van der Waals surface area contributed by atoms with Gasteiger partial charge in [-0.05, 0) is 98.1 Å². The van der Waals surface area contributed by atoms with Gasteiger partial charge in [0.25, 0.3) is 14.2 Å². The van der Waals surface area contributed by atoms with E-state index in [1.54, 1.807) is 20.8 Å². The van der Waals surface area contributed by atoms with Crippen molar-refractivity contribution in [2.75, 3.05) is 13.2 Å². The van der Waals surface area contributed by atoms with Gasteiger partial charge in [0, 0.05) is 31.5 Å². The zero-order valence-corrected chi connectivity index (χ0v) is 35.4. The van der Waals surface area contributed by atoms with E-state index < -0.39 is 44.0 Å². The van der Waals surface area contributed by atoms with Gasteiger partial charge >= 0.3 is 12.1 Å². The number of aliphatic hydroxyl groups excluding tert-OH is 1. The summed E-state index contributed by atoms with van der Waals surface area (Å²) in [5.74, 6) is 0.0541. The number of carbonyl (C=O) groups excluding carboxylic acids is 2. The van der Waals surface area contributed by atoms with Gasteiger partial charge in [-0.25, -0.2) is 15.2 Å². The number of carboxylic acids is 1. The molecule has 298 valence electrons. The van der Waals surface area contributed by atoms with Crippen LogP contribution in [0.1, 0.15) is 100 Å². The Morgan fingerprint density at radius 3 is 2.20 bits per heavy atom. The third kappa shape index (κ3) is 10.0. The smallest absolute Gasteiger partial charge is 0.408 e. The van der Waals surface area contributed by atoms with Crippen LogP contribution in [0.5, 0.6) is 5.75 Å². The highest BCUT2D eigenvalue weighted by molar-refractivity contribution is 6.78. The van der Waals surface area contributed by atoms with Crippen molar-refractivity contribution in [2.45, 2.75) is 143 Å². The molecule has 54 heavy (non-hydrogen) atoms. The number of nitrogens with one attached hydrogen (secondary N) is 2. The van der Waals surface area contributed by atoms with E-state index in [0.717, 1.165) is 33.5 Å². The molecule has 1 aliphatic heterocycles. The maximum Gasteiger partial charge on any atom is 0.408 e. The van der Waals surface area contributed by atoms with E-state index in [1.165, 1.54) is 5.01 Å². The van der Waals surface area contributed by atoms with Gasteiger partial charge in [-0.3, -0.25) is 14.6 Å². The Hall–Kier alpha value is -3.94. The molecule has 2 aromatic carbocycles. The van der Waals surface area contributed by atoms with Gasteiger partial charge < -0.3 is 29.3 Å². The fourth-order valence-electron chi connectivity index (χ4n) is 7.86. The average molecular weight is 766 g/mol. The number of carboxylic acid groups (broad SMARTS) is 1. The van der Waals surface area contributed by atoms with E-state index in [-0.39, 0.29) is 18.4 Å². The van der Waals surface area contributed by atoms with Crippen LogP contribution in [0.3, 0.4) is 0 Å². The molecule has 1 aliphatic rings. The molecule has 4 rings (SSSR count). The lowest BCUT2D eigenvalue weighted by molar-refractivity contribution is -0.147. The number of rotatable bonds is 14. The first-order chi connectivity index (χ1) is 25.1. The van der Waals surface area contributed by atoms with Crippen molar-refractivity contribution in [1.29, 1.82) is 0 Å². The Bertz CT molecular complexity index is 1790. The van der Waals surface area contributed by atoms with Crippen LogP contribution < -0.4 is 15.2 Å². The molecule has 12 nitrogen and oxygen atoms in total. The van der Waals surface area contributed by atoms with Crippen molar-refractivity contribution in [2.24, 2.45) is 5.41 Å². The second-order valence-corrected chi connectivity index (χ2v) is 23.0. The van der Waals surface area contributed by atoms with E-state index >= 15 is 0 Å². The number of hydrazine groups is 1. The van der Waals surface area contributed by atoms with Crippen molar-refractivity contribution in [3.63, 3.8) is 0 Å². The van der Waals surface area contributed by atoms with Crippen LogP contribution in [0.2, 0.25) is 16.6 Å². The summed E-state index contributed by atoms with van der Waals surface area (Å²) in [5, 5.41) is 23.9. The highest BCUT2D eigenvalue weighted by atomic mass is 28.4. The van der Waals surface area contributed by atoms with Crippen molar-refractivity contribution in [1.82, 2.24) is 25.3 Å². The molecule has 13 heteroatoms. The second-order valence-electron chi connectivity index (χ2n) is 17.6. The van der Waals surface area contributed by atoms with Crippen LogP contribution in [-0.2, 0) is 27.3 Å². The lowest BCUT2D eigenvalue weighted by Crippen LogP contribution is -2.60. The molecule has 1 aromatic heterocycles. The number of aliphatic carboxylic acids is 1. The zero-order valence-electron chi connectivity index (χ0n) is 34.4. The minimum absolute atomic E-state index is 0.0306. The Kier molecular flexibility index (Phi) is 13.3. The van der Waals surface area contributed by atoms with Crippen LogP contribution in [0.4, 0.5) is 4.79 Å². The highest BCUT2D eigenvalue weighted by Crippen LogP contribution is 2.44. The van der Waals surface area contributed by atoms with Crippen LogP contribution in [0.25, 0.3) is 22.2 Å². The summed E-state index contributed by atoms with van der Waals surface area (Å²) < 4.78 is 15.0. The third-order valence-electron chi connectivity index (χ3n) is 10.4. The zero-order chi connectivity index (χ0) is 40.3. The van der Waals surface area contributed by atoms with Crippen LogP contribution in [0, 0.1) is 12.3 Å². The number of fused-ring (bicyclic) bond motifs is 1. The Morgan fingerprint density at radius 1 is 0.981 bits per heavy atom. The first kappa shape index (κ1) is 42.8. The largest absolute Gasteiger partial charge is 0.543 e. The molecule has 1 saturated heterocycles. The average Bonchev–Trinajstić information content (AvgIpc) is 3.38. The van der Waals surface area contributed by atoms with Gasteiger partial charge in [-0.15, -0.1) is 0 Å². The van der Waals surface area contributed by atoms with Crippen LogP contribution >= 0.6 is 0 Å². The van der Waals surface area contributed by atoms with Crippen molar-refractivity contribution in [3.05, 3.63) is 47.8 Å². The summed E-state index contributed by atoms with van der Waals surface area (Å²) in [7, 11) is -2.42. The molecule has 0 bridgehead atoms. The standard InChI is InChI=1S/C41H63N5O7Si/c1-25(2)54(26(3)4,27(5)6)53-32-19-29(18-31(21-32)30-15-16-33-36(22-30)45(28(7)42-33)23-41(11,12)24-47)20-35(43-39(51)52-40(8,9)10)37(48)46-17-13-14-34(44-46)38(49)50/h15-16,18-19,21-22,25-27,34-35,44,47H,13-14,17,20,23-24H2,1-12H3,(H,43,51)(H,49,50). The van der Waals surface area contributed by atoms with E-state index in [0.29, 0.717) is 48.3 Å². The number of aromatic nitrogens is 2. The summed E-state index contributed by atoms with van der Waals surface area (Å²) in [5.41, 5.74) is 6.97. The number of carbonyl (C=O) groups is 3. The molecule has 2 unspecified atom stereocenters. The molecule has 3 aromatic rings. The fourth-order valence-corrected chi connectivity index (χ4v) is 13.1. The topological polar surface area (TPSA) is 155 Å². The van der Waals surface area contributed by atoms with Gasteiger partial charge in [0.15, 0.2) is 0 Å². The van der Waals surface area contributed by atoms with E-state index in [9.17, 15) is 24.6 Å². The maximum atomic E-state index is 14.2. The Labute approximate surface area is 322 Å². The quantitative estimate of drug-likeness (QED) is 0.122. The molecular weight excluding hydrogens is 703 g/mol. The molecule has 0 aliphatic carbocycles. The maximum absolute atomic E-state index is 14.2. The van der Waals surface area contributed by atoms with Gasteiger partial charge in [-0.1, -0.05) is 67.5 Å². The van der Waals surface area contributed by atoms with Gasteiger partial charge in [-0.2, -0.15) is 0 Å². The lowest BCUT2D eigenvalue weighted by atomic mass is 9.94. The second kappa shape index (κ2) is 16.8. The minimum Gasteiger partial charge on any atom is -0.543 e. The van der Waals surface area contributed by atoms with Crippen LogP contribution in [0.15, 0.2) is 36.4 Å². The Balaban J connectivity index is 1.87. The van der Waals surface area contributed by atoms with Gasteiger partial charge in [0.2, 0.25) is 0 Å². The molecule has 1 fully saturated rings. The van der Waals surface area contributed by atoms with Crippen molar-refractivity contribution in [3.8, 4) is 16.9 Å². The first-order valence-corrected chi connectivity index (χ1v) is 21.4. The van der Waals surface area contributed by atoms with E-state index in [4.69, 9.17) is 14.1 Å². The molecule has 2 amide bonds. The number of hydrogen-bond donors (Lipinski definition) is 4. The number of aryl methyl sites for hydroxylation is 1. The number of alkyl carbamates (subject to hydrolysis) is 1. The Morgan fingerprint density at radius 2 is 1.63 bits per heavy atom. The summed E-state index contributed by atoms with van der Waals surface area (Å²) in [6.07, 6.45) is 0.246. The third-order valence-corrected chi connectivity index (χ3v) is 16.4. The molecule has 2 atom stereocenters. The van der Waals surface area contributed by atoms with E-state index in [2.05, 4.69) is 69.0 Å². The van der Waals surface area contributed by atoms with Gasteiger partial charge in [0.1, 0.15) is 29.3 Å². The van der Waals surface area contributed by atoms with Crippen molar-refractivity contribution < 1.29 is 33.8 Å². The monoisotopic (exact) mass is 765 g/mol. The number of amides is 2. The predicted molar refractivity (Wildman–Crippen MR) is 215 cm³/mol. The number of benzene rings is 2. The summed E-state index contributed by atoms with van der Waals surface area (Å²) in [4.78, 5) is 44.0. The minimum atomic E-state index is -2.42. The SMILES string of the molecule is Cc1nc2ccc(-c3cc(CC(NC(=O)OC(C)(C)C)C(=O)N4CCCC(C(=O)O)N4)cc(O[Si](C(C)C)(C(C)C)C(C)C)c3)cc2n1CC(C)(C)CO. The molecule has 2 heterocycles. The van der Waals surface area contributed by atoms with Crippen LogP contribution in [-0.4, -0.2) is 81.9 Å². The number of hydrogen-bond acceptors (Lipinski definition) is 8. The number of ether oxygens (including phenoxy) is 1. The summed E-state index contributed by atoms with van der Waals surface area (Å²) in [6, 6.07) is 10.2.